The Morgan fingerprint density at radius 2 is 2.25 bits per heavy atom. The number of hydrogen-bond donors (Lipinski definition) is 1. The van der Waals surface area contributed by atoms with Gasteiger partial charge in [0.2, 0.25) is 0 Å². The zero-order valence-electron chi connectivity index (χ0n) is 10.5. The number of carboxylic acids is 1. The molecule has 0 radical (unpaired) electrons. The highest BCUT2D eigenvalue weighted by Gasteiger charge is 2.30. The molecule has 1 fully saturated rings. The van der Waals surface area contributed by atoms with E-state index in [9.17, 15) is 9.59 Å². The van der Waals surface area contributed by atoms with Gasteiger partial charge >= 0.3 is 5.97 Å². The van der Waals surface area contributed by atoms with Crippen molar-refractivity contribution in [3.8, 4) is 0 Å². The predicted octanol–water partition coefficient (Wildman–Crippen LogP) is 3.09. The van der Waals surface area contributed by atoms with E-state index in [-0.39, 0.29) is 18.4 Å². The van der Waals surface area contributed by atoms with E-state index >= 15 is 0 Å². The van der Waals surface area contributed by atoms with Crippen LogP contribution >= 0.6 is 50.3 Å². The molecule has 0 aromatic heterocycles. The molecule has 1 atom stereocenters. The molecular weight excluding hydrogens is 457 g/mol. The van der Waals surface area contributed by atoms with Gasteiger partial charge in [-0.25, -0.2) is 0 Å². The number of carboxylic acid groups (broad SMARTS) is 1. The van der Waals surface area contributed by atoms with Crippen LogP contribution in [0.5, 0.6) is 0 Å². The number of carbonyl (C=O) groups is 2. The van der Waals surface area contributed by atoms with Crippen LogP contribution < -0.4 is 0 Å². The SMILES string of the molecule is O=C(O)CC1CSCCN1C(=O)c1cc(I)ccc1Br. The minimum absolute atomic E-state index is 0.000283. The summed E-state index contributed by atoms with van der Waals surface area (Å²) in [7, 11) is 0. The maximum absolute atomic E-state index is 12.7. The monoisotopic (exact) mass is 469 g/mol. The molecule has 1 aromatic rings. The largest absolute Gasteiger partial charge is 0.481 e. The minimum atomic E-state index is -0.864. The third kappa shape index (κ3) is 3.88. The van der Waals surface area contributed by atoms with Gasteiger partial charge in [-0.15, -0.1) is 0 Å². The lowest BCUT2D eigenvalue weighted by Gasteiger charge is -2.35. The summed E-state index contributed by atoms with van der Waals surface area (Å²) in [6, 6.07) is 5.36. The highest BCUT2D eigenvalue weighted by atomic mass is 127. The summed E-state index contributed by atoms with van der Waals surface area (Å²) < 4.78 is 1.73. The molecule has 4 nitrogen and oxygen atoms in total. The average molecular weight is 470 g/mol. The average Bonchev–Trinajstić information content (AvgIpc) is 2.41. The topological polar surface area (TPSA) is 57.6 Å². The fraction of sp³-hybridized carbons (Fsp3) is 0.385. The van der Waals surface area contributed by atoms with Crippen LogP contribution in [0.4, 0.5) is 0 Å². The number of halogens is 2. The van der Waals surface area contributed by atoms with Crippen LogP contribution in [-0.2, 0) is 4.79 Å². The Bertz CT molecular complexity index is 540. The van der Waals surface area contributed by atoms with E-state index in [1.165, 1.54) is 0 Å². The lowest BCUT2D eigenvalue weighted by molar-refractivity contribution is -0.138. The Balaban J connectivity index is 2.25. The number of carbonyl (C=O) groups excluding carboxylic acids is 1. The van der Waals surface area contributed by atoms with Crippen molar-refractivity contribution in [1.29, 1.82) is 0 Å². The van der Waals surface area contributed by atoms with Gasteiger partial charge in [0, 0.05) is 26.1 Å². The third-order valence-corrected chi connectivity index (χ3v) is 5.51. The highest BCUT2D eigenvalue weighted by Crippen LogP contribution is 2.25. The highest BCUT2D eigenvalue weighted by molar-refractivity contribution is 14.1. The van der Waals surface area contributed by atoms with Gasteiger partial charge in [-0.3, -0.25) is 9.59 Å². The van der Waals surface area contributed by atoms with Crippen molar-refractivity contribution in [2.75, 3.05) is 18.1 Å². The molecule has 0 bridgehead atoms. The van der Waals surface area contributed by atoms with E-state index in [0.29, 0.717) is 17.9 Å². The Morgan fingerprint density at radius 3 is 2.95 bits per heavy atom. The second kappa shape index (κ2) is 7.13. The molecular formula is C13H13BrINO3S. The lowest BCUT2D eigenvalue weighted by atomic mass is 10.1. The molecule has 1 aliphatic rings. The first-order valence-corrected chi connectivity index (χ1v) is 9.07. The van der Waals surface area contributed by atoms with Gasteiger partial charge in [-0.05, 0) is 56.7 Å². The van der Waals surface area contributed by atoms with E-state index in [0.717, 1.165) is 13.8 Å². The van der Waals surface area contributed by atoms with Gasteiger partial charge in [0.1, 0.15) is 0 Å². The zero-order chi connectivity index (χ0) is 14.7. The van der Waals surface area contributed by atoms with E-state index < -0.39 is 5.97 Å². The van der Waals surface area contributed by atoms with Crippen LogP contribution in [0.3, 0.4) is 0 Å². The predicted molar refractivity (Wildman–Crippen MR) is 91.3 cm³/mol. The lowest BCUT2D eigenvalue weighted by Crippen LogP contribution is -2.47. The van der Waals surface area contributed by atoms with Crippen LogP contribution in [0.1, 0.15) is 16.8 Å². The Hall–Kier alpha value is -0.280. The first-order valence-electron chi connectivity index (χ1n) is 6.04. The number of thioether (sulfide) groups is 1. The maximum atomic E-state index is 12.7. The minimum Gasteiger partial charge on any atom is -0.481 e. The number of hydrogen-bond acceptors (Lipinski definition) is 3. The van der Waals surface area contributed by atoms with Crippen molar-refractivity contribution < 1.29 is 14.7 Å². The van der Waals surface area contributed by atoms with Gasteiger partial charge in [-0.1, -0.05) is 0 Å². The molecule has 1 aromatic carbocycles. The summed E-state index contributed by atoms with van der Waals surface area (Å²) in [4.78, 5) is 25.3. The molecule has 2 rings (SSSR count). The standard InChI is InChI=1S/C13H13BrINO3S/c14-11-2-1-8(15)5-10(11)13(19)16-3-4-20-7-9(16)6-12(17)18/h1-2,5,9H,3-4,6-7H2,(H,17,18). The summed E-state index contributed by atoms with van der Waals surface area (Å²) in [5.41, 5.74) is 0.596. The molecule has 1 aliphatic heterocycles. The third-order valence-electron chi connectivity index (χ3n) is 3.06. The van der Waals surface area contributed by atoms with Crippen LogP contribution in [-0.4, -0.2) is 46.0 Å². The molecule has 20 heavy (non-hydrogen) atoms. The van der Waals surface area contributed by atoms with Gasteiger partial charge in [-0.2, -0.15) is 11.8 Å². The number of benzene rings is 1. The second-order valence-electron chi connectivity index (χ2n) is 4.45. The normalized spacial score (nSPS) is 18.9. The molecule has 108 valence electrons. The van der Waals surface area contributed by atoms with E-state index in [2.05, 4.69) is 38.5 Å². The number of nitrogens with zero attached hydrogens (tertiary/aromatic N) is 1. The fourth-order valence-corrected chi connectivity index (χ4v) is 4.08. The van der Waals surface area contributed by atoms with Crippen LogP contribution in [0.25, 0.3) is 0 Å². The molecule has 1 unspecified atom stereocenters. The zero-order valence-corrected chi connectivity index (χ0v) is 15.1. The van der Waals surface area contributed by atoms with Gasteiger partial charge in [0.05, 0.1) is 18.0 Å². The summed E-state index contributed by atoms with van der Waals surface area (Å²) in [6.45, 7) is 0.597. The van der Waals surface area contributed by atoms with Crippen molar-refractivity contribution in [2.45, 2.75) is 12.5 Å². The van der Waals surface area contributed by atoms with E-state index in [4.69, 9.17) is 5.11 Å². The van der Waals surface area contributed by atoms with E-state index in [1.807, 2.05) is 18.2 Å². The maximum Gasteiger partial charge on any atom is 0.305 e. The molecule has 0 saturated carbocycles. The number of aliphatic carboxylic acids is 1. The van der Waals surface area contributed by atoms with Crippen LogP contribution in [0, 0.1) is 3.57 Å². The molecule has 7 heteroatoms. The van der Waals surface area contributed by atoms with Crippen molar-refractivity contribution >= 4 is 62.2 Å². The summed E-state index contributed by atoms with van der Waals surface area (Å²) >= 11 is 7.26. The first-order chi connectivity index (χ1) is 9.49. The molecule has 0 aliphatic carbocycles. The quantitative estimate of drug-likeness (QED) is 0.691. The van der Waals surface area contributed by atoms with Crippen LogP contribution in [0.15, 0.2) is 22.7 Å². The second-order valence-corrected chi connectivity index (χ2v) is 7.70. The first kappa shape index (κ1) is 16.1. The Labute approximate surface area is 143 Å². The summed E-state index contributed by atoms with van der Waals surface area (Å²) in [5.74, 6) is 0.571. The summed E-state index contributed by atoms with van der Waals surface area (Å²) in [6.07, 6.45) is 0.000283. The Kier molecular flexibility index (Phi) is 5.74. The summed E-state index contributed by atoms with van der Waals surface area (Å²) in [5, 5.41) is 8.98. The van der Waals surface area contributed by atoms with Crippen molar-refractivity contribution in [3.63, 3.8) is 0 Å². The molecule has 1 saturated heterocycles. The Morgan fingerprint density at radius 1 is 1.50 bits per heavy atom. The molecule has 1 N–H and O–H groups in total. The smallest absolute Gasteiger partial charge is 0.305 e. The van der Waals surface area contributed by atoms with Crippen molar-refractivity contribution in [2.24, 2.45) is 0 Å². The fourth-order valence-electron chi connectivity index (χ4n) is 2.11. The molecule has 0 spiro atoms. The van der Waals surface area contributed by atoms with Crippen LogP contribution in [0.2, 0.25) is 0 Å². The van der Waals surface area contributed by atoms with Gasteiger partial charge in [0.25, 0.3) is 5.91 Å². The van der Waals surface area contributed by atoms with Crippen molar-refractivity contribution in [1.82, 2.24) is 4.90 Å². The number of rotatable bonds is 3. The van der Waals surface area contributed by atoms with Gasteiger partial charge in [0.15, 0.2) is 0 Å². The number of amides is 1. The van der Waals surface area contributed by atoms with E-state index in [1.54, 1.807) is 16.7 Å². The van der Waals surface area contributed by atoms with Crippen molar-refractivity contribution in [3.05, 3.63) is 31.8 Å². The van der Waals surface area contributed by atoms with Gasteiger partial charge < -0.3 is 10.0 Å². The molecule has 1 amide bonds. The molecule has 1 heterocycles.